The quantitative estimate of drug-likeness (QED) is 0.850. The Morgan fingerprint density at radius 3 is 3.15 bits per heavy atom. The minimum Gasteiger partial charge on any atom is -0.352 e. The van der Waals surface area contributed by atoms with Crippen LogP contribution in [0.25, 0.3) is 0 Å². The molecule has 0 spiro atoms. The molecule has 1 amide bonds. The summed E-state index contributed by atoms with van der Waals surface area (Å²) >= 11 is 5.96. The van der Waals surface area contributed by atoms with E-state index in [1.165, 1.54) is 32.0 Å². The lowest BCUT2D eigenvalue weighted by Gasteiger charge is -2.33. The Kier molecular flexibility index (Phi) is 5.80. The molecule has 0 radical (unpaired) electrons. The van der Waals surface area contributed by atoms with Gasteiger partial charge in [-0.3, -0.25) is 9.78 Å². The molecule has 1 unspecified atom stereocenters. The first-order chi connectivity index (χ1) is 9.68. The van der Waals surface area contributed by atoms with Crippen molar-refractivity contribution in [1.29, 1.82) is 0 Å². The van der Waals surface area contributed by atoms with E-state index in [4.69, 9.17) is 11.6 Å². The van der Waals surface area contributed by atoms with Crippen molar-refractivity contribution in [3.05, 3.63) is 29.0 Å². The molecule has 1 N–H and O–H groups in total. The van der Waals surface area contributed by atoms with Gasteiger partial charge < -0.3 is 10.2 Å². The first-order valence-corrected chi connectivity index (χ1v) is 7.68. The zero-order chi connectivity index (χ0) is 14.4. The smallest absolute Gasteiger partial charge is 0.254 e. The van der Waals surface area contributed by atoms with Crippen LogP contribution >= 0.6 is 11.6 Å². The van der Waals surface area contributed by atoms with E-state index >= 15 is 0 Å². The van der Waals surface area contributed by atoms with Gasteiger partial charge in [0.05, 0.1) is 10.6 Å². The number of amides is 1. The van der Waals surface area contributed by atoms with Gasteiger partial charge in [-0.05, 0) is 38.8 Å². The van der Waals surface area contributed by atoms with Crippen LogP contribution in [-0.2, 0) is 0 Å². The third kappa shape index (κ3) is 4.18. The summed E-state index contributed by atoms with van der Waals surface area (Å²) in [5.74, 6) is -0.144. The van der Waals surface area contributed by atoms with E-state index in [1.54, 1.807) is 12.3 Å². The number of carbonyl (C=O) groups is 1. The molecular formula is C15H22ClN3O. The van der Waals surface area contributed by atoms with Gasteiger partial charge in [-0.1, -0.05) is 18.0 Å². The lowest BCUT2D eigenvalue weighted by molar-refractivity contribution is 0.0948. The molecular weight excluding hydrogens is 274 g/mol. The monoisotopic (exact) mass is 295 g/mol. The van der Waals surface area contributed by atoms with Gasteiger partial charge in [0, 0.05) is 31.5 Å². The summed E-state index contributed by atoms with van der Waals surface area (Å²) in [5.41, 5.74) is 0.445. The number of hydrogen-bond donors (Lipinski definition) is 1. The average molecular weight is 296 g/mol. The lowest BCUT2D eigenvalue weighted by Crippen LogP contribution is -2.39. The van der Waals surface area contributed by atoms with Gasteiger partial charge in [-0.2, -0.15) is 0 Å². The van der Waals surface area contributed by atoms with Crippen LogP contribution in [0, 0.1) is 0 Å². The molecule has 2 heterocycles. The molecule has 1 aromatic rings. The molecule has 1 fully saturated rings. The SMILES string of the molecule is CC1CCCCN1CCCNC(=O)c1cnccc1Cl. The molecule has 5 heteroatoms. The van der Waals surface area contributed by atoms with Gasteiger partial charge in [0.1, 0.15) is 0 Å². The third-order valence-electron chi connectivity index (χ3n) is 3.86. The molecule has 1 aromatic heterocycles. The normalized spacial score (nSPS) is 19.8. The third-order valence-corrected chi connectivity index (χ3v) is 4.19. The molecule has 1 aliphatic rings. The van der Waals surface area contributed by atoms with Crippen molar-refractivity contribution in [2.24, 2.45) is 0 Å². The Labute approximate surface area is 125 Å². The number of nitrogens with zero attached hydrogens (tertiary/aromatic N) is 2. The Morgan fingerprint density at radius 1 is 1.55 bits per heavy atom. The number of nitrogens with one attached hydrogen (secondary N) is 1. The van der Waals surface area contributed by atoms with E-state index in [2.05, 4.69) is 22.1 Å². The summed E-state index contributed by atoms with van der Waals surface area (Å²) in [4.78, 5) is 18.4. The van der Waals surface area contributed by atoms with Crippen LogP contribution in [0.2, 0.25) is 5.02 Å². The summed E-state index contributed by atoms with van der Waals surface area (Å²) in [5, 5.41) is 3.35. The molecule has 110 valence electrons. The highest BCUT2D eigenvalue weighted by Crippen LogP contribution is 2.16. The van der Waals surface area contributed by atoms with Gasteiger partial charge in [0.25, 0.3) is 5.91 Å². The van der Waals surface area contributed by atoms with Crippen molar-refractivity contribution in [2.45, 2.75) is 38.6 Å². The fourth-order valence-electron chi connectivity index (χ4n) is 2.61. The van der Waals surface area contributed by atoms with E-state index in [0.717, 1.165) is 13.0 Å². The van der Waals surface area contributed by atoms with Gasteiger partial charge in [0.15, 0.2) is 0 Å². The van der Waals surface area contributed by atoms with Crippen molar-refractivity contribution < 1.29 is 4.79 Å². The van der Waals surface area contributed by atoms with Crippen molar-refractivity contribution >= 4 is 17.5 Å². The fourth-order valence-corrected chi connectivity index (χ4v) is 2.80. The Balaban J connectivity index is 1.71. The van der Waals surface area contributed by atoms with E-state index in [0.29, 0.717) is 23.2 Å². The minimum atomic E-state index is -0.144. The molecule has 0 saturated carbocycles. The average Bonchev–Trinajstić information content (AvgIpc) is 2.45. The van der Waals surface area contributed by atoms with Crippen LogP contribution in [0.15, 0.2) is 18.5 Å². The highest BCUT2D eigenvalue weighted by atomic mass is 35.5. The van der Waals surface area contributed by atoms with Gasteiger partial charge >= 0.3 is 0 Å². The number of hydrogen-bond acceptors (Lipinski definition) is 3. The molecule has 1 aliphatic heterocycles. The molecule has 0 aromatic carbocycles. The number of pyridine rings is 1. The molecule has 0 aliphatic carbocycles. The highest BCUT2D eigenvalue weighted by molar-refractivity contribution is 6.33. The van der Waals surface area contributed by atoms with Crippen LogP contribution in [0.1, 0.15) is 43.0 Å². The second kappa shape index (κ2) is 7.60. The Morgan fingerprint density at radius 2 is 2.40 bits per heavy atom. The number of aromatic nitrogens is 1. The van der Waals surface area contributed by atoms with E-state index in [1.807, 2.05) is 0 Å². The predicted molar refractivity (Wildman–Crippen MR) is 81.1 cm³/mol. The van der Waals surface area contributed by atoms with Crippen LogP contribution in [0.3, 0.4) is 0 Å². The maximum atomic E-state index is 11.9. The van der Waals surface area contributed by atoms with Gasteiger partial charge in [-0.15, -0.1) is 0 Å². The minimum absolute atomic E-state index is 0.144. The molecule has 0 bridgehead atoms. The predicted octanol–water partition coefficient (Wildman–Crippen LogP) is 2.73. The summed E-state index contributed by atoms with van der Waals surface area (Å²) < 4.78 is 0. The van der Waals surface area contributed by atoms with E-state index < -0.39 is 0 Å². The van der Waals surface area contributed by atoms with Crippen LogP contribution < -0.4 is 5.32 Å². The lowest BCUT2D eigenvalue weighted by atomic mass is 10.0. The van der Waals surface area contributed by atoms with Gasteiger partial charge in [0.2, 0.25) is 0 Å². The number of carbonyl (C=O) groups excluding carboxylic acids is 1. The van der Waals surface area contributed by atoms with Crippen molar-refractivity contribution in [2.75, 3.05) is 19.6 Å². The first kappa shape index (κ1) is 15.3. The highest BCUT2D eigenvalue weighted by Gasteiger charge is 2.17. The van der Waals surface area contributed by atoms with Crippen LogP contribution in [0.4, 0.5) is 0 Å². The number of rotatable bonds is 5. The zero-order valence-electron chi connectivity index (χ0n) is 11.9. The largest absolute Gasteiger partial charge is 0.352 e. The molecule has 20 heavy (non-hydrogen) atoms. The zero-order valence-corrected chi connectivity index (χ0v) is 12.7. The maximum Gasteiger partial charge on any atom is 0.254 e. The second-order valence-electron chi connectivity index (χ2n) is 5.35. The van der Waals surface area contributed by atoms with E-state index in [-0.39, 0.29) is 5.91 Å². The van der Waals surface area contributed by atoms with Crippen molar-refractivity contribution in [3.8, 4) is 0 Å². The number of halogens is 1. The Bertz CT molecular complexity index is 452. The molecule has 2 rings (SSSR count). The summed E-state index contributed by atoms with van der Waals surface area (Å²) in [7, 11) is 0. The van der Waals surface area contributed by atoms with Crippen molar-refractivity contribution in [3.63, 3.8) is 0 Å². The maximum absolute atomic E-state index is 11.9. The number of piperidine rings is 1. The summed E-state index contributed by atoms with van der Waals surface area (Å²) in [6.07, 6.45) is 7.97. The molecule has 1 saturated heterocycles. The van der Waals surface area contributed by atoms with Gasteiger partial charge in [-0.25, -0.2) is 0 Å². The first-order valence-electron chi connectivity index (χ1n) is 7.30. The topological polar surface area (TPSA) is 45.2 Å². The Hall–Kier alpha value is -1.13. The second-order valence-corrected chi connectivity index (χ2v) is 5.75. The number of likely N-dealkylation sites (tertiary alicyclic amines) is 1. The molecule has 1 atom stereocenters. The summed E-state index contributed by atoms with van der Waals surface area (Å²) in [6, 6.07) is 2.30. The van der Waals surface area contributed by atoms with Crippen LogP contribution in [0.5, 0.6) is 0 Å². The van der Waals surface area contributed by atoms with Crippen molar-refractivity contribution in [1.82, 2.24) is 15.2 Å². The standard InChI is InChI=1S/C15H22ClN3O/c1-12-5-2-3-9-19(12)10-4-7-18-15(20)13-11-17-8-6-14(13)16/h6,8,11-12H,2-5,7,9-10H2,1H3,(H,18,20). The fraction of sp³-hybridized carbons (Fsp3) is 0.600. The van der Waals surface area contributed by atoms with Crippen LogP contribution in [-0.4, -0.2) is 41.5 Å². The molecule has 4 nitrogen and oxygen atoms in total. The van der Waals surface area contributed by atoms with E-state index in [9.17, 15) is 4.79 Å². The summed E-state index contributed by atoms with van der Waals surface area (Å²) in [6.45, 7) is 5.19.